The molecule has 3 aromatic carbocycles. The summed E-state index contributed by atoms with van der Waals surface area (Å²) in [4.78, 5) is 14.4. The lowest BCUT2D eigenvalue weighted by molar-refractivity contribution is 0.0729. The monoisotopic (exact) mass is 512 g/mol. The van der Waals surface area contributed by atoms with Gasteiger partial charge in [0.15, 0.2) is 5.78 Å². The van der Waals surface area contributed by atoms with E-state index in [9.17, 15) is 25.2 Å². The van der Waals surface area contributed by atoms with E-state index in [1.165, 1.54) is 24.3 Å². The van der Waals surface area contributed by atoms with Crippen LogP contribution in [-0.2, 0) is 0 Å². The maximum absolute atomic E-state index is 14.4. The van der Waals surface area contributed by atoms with Crippen molar-refractivity contribution in [2.45, 2.75) is 44.3 Å². The minimum Gasteiger partial charge on any atom is -0.508 e. The molecule has 6 rings (SSSR count). The molecule has 0 unspecified atom stereocenters. The van der Waals surface area contributed by atoms with Gasteiger partial charge in [0, 0.05) is 12.0 Å². The molecule has 4 N–H and O–H groups in total. The molecular weight excluding hydrogens is 484 g/mol. The standard InChI is InChI=1S/C31H28O7/c1-30(2)12-11-18-24(37-30)10-9-19(28(18)35)29(36)26-20-14-31(3,38-25-13-16(32)7-8-17(20)25)15-21(26)27-22(33)5-4-6-23(27)34/h4-13,15,20,26,32-35H,14H2,1-3H3/t20-,26-,31-/m1/s1. The number of benzene rings is 3. The Hall–Kier alpha value is -4.39. The number of ether oxygens (including phenoxy) is 2. The predicted molar refractivity (Wildman–Crippen MR) is 142 cm³/mol. The lowest BCUT2D eigenvalue weighted by Gasteiger charge is -2.46. The summed E-state index contributed by atoms with van der Waals surface area (Å²) in [6.45, 7) is 5.67. The number of carbonyl (C=O) groups excluding carboxylic acids is 1. The number of rotatable bonds is 3. The van der Waals surface area contributed by atoms with E-state index in [1.54, 1.807) is 36.4 Å². The van der Waals surface area contributed by atoms with Crippen molar-refractivity contribution >= 4 is 17.4 Å². The largest absolute Gasteiger partial charge is 0.508 e. The van der Waals surface area contributed by atoms with Gasteiger partial charge < -0.3 is 29.9 Å². The number of hydrogen-bond acceptors (Lipinski definition) is 7. The first-order valence-corrected chi connectivity index (χ1v) is 12.5. The van der Waals surface area contributed by atoms with Gasteiger partial charge in [-0.05, 0) is 86.9 Å². The average Bonchev–Trinajstić information content (AvgIpc) is 2.82. The average molecular weight is 513 g/mol. The molecule has 7 nitrogen and oxygen atoms in total. The SMILES string of the molecule is CC1(C)C=Cc2c(ccc(C(=O)[C@H]3C(c4c(O)cccc4O)=C[C@@]4(C)C[C@@H]3c3ccc(O)cc3O4)c2O)O1. The van der Waals surface area contributed by atoms with Crippen LogP contribution in [0.25, 0.3) is 11.6 Å². The Morgan fingerprint density at radius 2 is 1.66 bits per heavy atom. The van der Waals surface area contributed by atoms with E-state index in [4.69, 9.17) is 9.47 Å². The van der Waals surface area contributed by atoms with Gasteiger partial charge in [0.1, 0.15) is 45.7 Å². The van der Waals surface area contributed by atoms with Crippen LogP contribution in [0.15, 0.2) is 60.7 Å². The maximum Gasteiger partial charge on any atom is 0.174 e. The summed E-state index contributed by atoms with van der Waals surface area (Å²) in [7, 11) is 0. The molecule has 0 saturated carbocycles. The molecule has 0 saturated heterocycles. The number of allylic oxidation sites excluding steroid dienone is 1. The van der Waals surface area contributed by atoms with Crippen LogP contribution in [0.1, 0.15) is 60.2 Å². The van der Waals surface area contributed by atoms with E-state index in [0.29, 0.717) is 29.1 Å². The van der Waals surface area contributed by atoms with Crippen molar-refractivity contribution < 1.29 is 34.7 Å². The highest BCUT2D eigenvalue weighted by Crippen LogP contribution is 2.56. The molecule has 0 aromatic heterocycles. The first kappa shape index (κ1) is 24.0. The van der Waals surface area contributed by atoms with Gasteiger partial charge in [-0.3, -0.25) is 4.79 Å². The highest BCUT2D eigenvalue weighted by atomic mass is 16.5. The Kier molecular flexibility index (Phi) is 5.08. The van der Waals surface area contributed by atoms with Gasteiger partial charge in [-0.15, -0.1) is 0 Å². The maximum atomic E-state index is 14.4. The van der Waals surface area contributed by atoms with E-state index in [0.717, 1.165) is 5.56 Å². The van der Waals surface area contributed by atoms with Crippen LogP contribution in [0.3, 0.4) is 0 Å². The molecule has 38 heavy (non-hydrogen) atoms. The summed E-state index contributed by atoms with van der Waals surface area (Å²) in [5.41, 5.74) is 0.396. The summed E-state index contributed by atoms with van der Waals surface area (Å²) < 4.78 is 12.2. The van der Waals surface area contributed by atoms with Crippen molar-refractivity contribution in [1.29, 1.82) is 0 Å². The number of ketones is 1. The molecule has 2 bridgehead atoms. The molecule has 0 spiro atoms. The third-order valence-electron chi connectivity index (χ3n) is 7.62. The van der Waals surface area contributed by atoms with E-state index in [2.05, 4.69) is 0 Å². The minimum atomic E-state index is -0.872. The number of carbonyl (C=O) groups is 1. The third-order valence-corrected chi connectivity index (χ3v) is 7.62. The second-order valence-electron chi connectivity index (χ2n) is 11.0. The van der Waals surface area contributed by atoms with Gasteiger partial charge in [-0.25, -0.2) is 0 Å². The Morgan fingerprint density at radius 1 is 0.921 bits per heavy atom. The number of hydrogen-bond donors (Lipinski definition) is 4. The van der Waals surface area contributed by atoms with Gasteiger partial charge in [0.05, 0.1) is 22.6 Å². The van der Waals surface area contributed by atoms with Crippen molar-refractivity contribution in [3.05, 3.63) is 82.9 Å². The van der Waals surface area contributed by atoms with Gasteiger partial charge in [-0.2, -0.15) is 0 Å². The lowest BCUT2D eigenvalue weighted by Crippen LogP contribution is -2.44. The highest BCUT2D eigenvalue weighted by molar-refractivity contribution is 6.09. The molecule has 2 aliphatic heterocycles. The third kappa shape index (κ3) is 3.69. The zero-order chi connectivity index (χ0) is 27.0. The highest BCUT2D eigenvalue weighted by Gasteiger charge is 2.49. The number of aromatic hydroxyl groups is 4. The summed E-state index contributed by atoms with van der Waals surface area (Å²) in [6, 6.07) is 12.5. The van der Waals surface area contributed by atoms with Gasteiger partial charge >= 0.3 is 0 Å². The first-order chi connectivity index (χ1) is 18.0. The molecule has 3 atom stereocenters. The molecule has 3 aromatic rings. The Labute approximate surface area is 219 Å². The molecular formula is C31H28O7. The van der Waals surface area contributed by atoms with Crippen molar-refractivity contribution in [2.75, 3.05) is 0 Å². The van der Waals surface area contributed by atoms with Crippen molar-refractivity contribution in [3.63, 3.8) is 0 Å². The summed E-state index contributed by atoms with van der Waals surface area (Å²) in [5, 5.41) is 42.9. The van der Waals surface area contributed by atoms with Crippen LogP contribution in [0.2, 0.25) is 0 Å². The van der Waals surface area contributed by atoms with E-state index in [-0.39, 0.29) is 39.9 Å². The van der Waals surface area contributed by atoms with E-state index >= 15 is 0 Å². The first-order valence-electron chi connectivity index (χ1n) is 12.5. The molecule has 1 aliphatic carbocycles. The van der Waals surface area contributed by atoms with Crippen LogP contribution in [0.5, 0.6) is 34.5 Å². The van der Waals surface area contributed by atoms with Crippen LogP contribution < -0.4 is 9.47 Å². The number of Topliss-reactive ketones (excluding diaryl/α,β-unsaturated/α-hetero) is 1. The number of phenols is 4. The fourth-order valence-electron chi connectivity index (χ4n) is 5.96. The second kappa shape index (κ2) is 8.05. The second-order valence-corrected chi connectivity index (χ2v) is 11.0. The molecule has 3 aliphatic rings. The quantitative estimate of drug-likeness (QED) is 0.322. The molecule has 0 fully saturated rings. The zero-order valence-corrected chi connectivity index (χ0v) is 21.2. The summed E-state index contributed by atoms with van der Waals surface area (Å²) in [6.07, 6.45) is 5.78. The summed E-state index contributed by atoms with van der Waals surface area (Å²) in [5.74, 6) is -1.21. The molecule has 0 amide bonds. The molecule has 2 heterocycles. The van der Waals surface area contributed by atoms with Crippen LogP contribution in [-0.4, -0.2) is 37.4 Å². The van der Waals surface area contributed by atoms with Crippen molar-refractivity contribution in [1.82, 2.24) is 0 Å². The number of fused-ring (bicyclic) bond motifs is 5. The predicted octanol–water partition coefficient (Wildman–Crippen LogP) is 5.91. The normalized spacial score (nSPS) is 24.3. The van der Waals surface area contributed by atoms with Crippen LogP contribution >= 0.6 is 0 Å². The minimum absolute atomic E-state index is 0.0415. The smallest absolute Gasteiger partial charge is 0.174 e. The van der Waals surface area contributed by atoms with E-state index < -0.39 is 23.0 Å². The molecule has 7 heteroatoms. The lowest BCUT2D eigenvalue weighted by atomic mass is 9.64. The summed E-state index contributed by atoms with van der Waals surface area (Å²) >= 11 is 0. The van der Waals surface area contributed by atoms with Crippen LogP contribution in [0, 0.1) is 5.92 Å². The fourth-order valence-corrected chi connectivity index (χ4v) is 5.96. The fraction of sp³-hybridized carbons (Fsp3) is 0.258. The molecule has 194 valence electrons. The van der Waals surface area contributed by atoms with Crippen molar-refractivity contribution in [3.8, 4) is 34.5 Å². The van der Waals surface area contributed by atoms with Crippen molar-refractivity contribution in [2.24, 2.45) is 5.92 Å². The zero-order valence-electron chi connectivity index (χ0n) is 21.2. The number of phenolic OH excluding ortho intramolecular Hbond substituents is 4. The topological polar surface area (TPSA) is 116 Å². The van der Waals surface area contributed by atoms with Gasteiger partial charge in [0.25, 0.3) is 0 Å². The Bertz CT molecular complexity index is 1540. The van der Waals surface area contributed by atoms with Crippen LogP contribution in [0.4, 0.5) is 0 Å². The van der Waals surface area contributed by atoms with E-state index in [1.807, 2.05) is 26.8 Å². The molecule has 0 radical (unpaired) electrons. The Morgan fingerprint density at radius 3 is 2.39 bits per heavy atom. The van der Waals surface area contributed by atoms with Gasteiger partial charge in [-0.1, -0.05) is 12.1 Å². The Balaban J connectivity index is 1.55. The van der Waals surface area contributed by atoms with Gasteiger partial charge in [0.2, 0.25) is 0 Å².